The zero-order valence-corrected chi connectivity index (χ0v) is 11.9. The van der Waals surface area contributed by atoms with Gasteiger partial charge in [-0.3, -0.25) is 10.1 Å². The van der Waals surface area contributed by atoms with Crippen LogP contribution in [0.1, 0.15) is 38.2 Å². The highest BCUT2D eigenvalue weighted by atomic mass is 16.6. The van der Waals surface area contributed by atoms with Crippen LogP contribution in [0.3, 0.4) is 0 Å². The fraction of sp³-hybridized carbons (Fsp3) is 0.571. The monoisotopic (exact) mass is 283 g/mol. The molecule has 1 aromatic carbocycles. The van der Waals surface area contributed by atoms with Crippen LogP contribution < -0.4 is 9.47 Å². The third-order valence-electron chi connectivity index (χ3n) is 2.99. The van der Waals surface area contributed by atoms with Crippen LogP contribution in [0.25, 0.3) is 0 Å². The molecule has 0 aliphatic rings. The summed E-state index contributed by atoms with van der Waals surface area (Å²) in [6, 6.07) is 2.75. The second kappa shape index (κ2) is 8.37. The second-order valence-electron chi connectivity index (χ2n) is 4.46. The van der Waals surface area contributed by atoms with E-state index >= 15 is 0 Å². The number of nitro groups is 1. The first kappa shape index (κ1) is 16.2. The minimum absolute atomic E-state index is 0.156. The van der Waals surface area contributed by atoms with E-state index in [9.17, 15) is 10.1 Å². The first-order valence-electron chi connectivity index (χ1n) is 6.73. The number of hydrogen-bond donors (Lipinski definition) is 1. The van der Waals surface area contributed by atoms with Crippen molar-refractivity contribution in [3.05, 3.63) is 27.8 Å². The molecule has 112 valence electrons. The largest absolute Gasteiger partial charge is 0.493 e. The highest BCUT2D eigenvalue weighted by Gasteiger charge is 2.19. The molecule has 0 heterocycles. The molecule has 0 saturated carbocycles. The molecule has 6 nitrogen and oxygen atoms in total. The van der Waals surface area contributed by atoms with E-state index in [4.69, 9.17) is 14.6 Å². The third-order valence-corrected chi connectivity index (χ3v) is 2.99. The number of benzene rings is 1. The predicted octanol–water partition coefficient (Wildman–Crippen LogP) is 3.05. The van der Waals surface area contributed by atoms with E-state index in [0.29, 0.717) is 18.1 Å². The molecule has 6 heteroatoms. The lowest BCUT2D eigenvalue weighted by Gasteiger charge is -2.12. The average molecular weight is 283 g/mol. The number of aliphatic hydroxyl groups is 1. The number of methoxy groups -OCH3 is 1. The van der Waals surface area contributed by atoms with Crippen molar-refractivity contribution in [3.8, 4) is 11.5 Å². The molecule has 0 spiro atoms. The van der Waals surface area contributed by atoms with Gasteiger partial charge < -0.3 is 14.6 Å². The molecule has 0 unspecified atom stereocenters. The van der Waals surface area contributed by atoms with Crippen LogP contribution in [0, 0.1) is 10.1 Å². The van der Waals surface area contributed by atoms with E-state index in [1.807, 2.05) is 0 Å². The minimum atomic E-state index is -0.533. The summed E-state index contributed by atoms with van der Waals surface area (Å²) in [6.07, 6.45) is 4.24. The lowest BCUT2D eigenvalue weighted by Crippen LogP contribution is -2.03. The molecule has 0 fully saturated rings. The lowest BCUT2D eigenvalue weighted by atomic mass is 10.1. The van der Waals surface area contributed by atoms with Gasteiger partial charge in [-0.05, 0) is 12.5 Å². The maximum Gasteiger partial charge on any atom is 0.278 e. The maximum atomic E-state index is 10.9. The molecule has 1 aromatic rings. The molecule has 0 atom stereocenters. The van der Waals surface area contributed by atoms with Gasteiger partial charge in [-0.15, -0.1) is 0 Å². The minimum Gasteiger partial charge on any atom is -0.493 e. The van der Waals surface area contributed by atoms with Gasteiger partial charge in [0.15, 0.2) is 11.5 Å². The van der Waals surface area contributed by atoms with Gasteiger partial charge >= 0.3 is 0 Å². The highest BCUT2D eigenvalue weighted by molar-refractivity contribution is 5.54. The Bertz CT molecular complexity index is 447. The summed E-state index contributed by atoms with van der Waals surface area (Å²) < 4.78 is 10.7. The van der Waals surface area contributed by atoms with E-state index in [1.165, 1.54) is 19.2 Å². The second-order valence-corrected chi connectivity index (χ2v) is 4.46. The standard InChI is InChI=1S/C14H21NO5/c1-3-4-5-6-7-20-14-9-12(15(17)18)11(10-16)8-13(14)19-2/h8-9,16H,3-7,10H2,1-2H3. The average Bonchev–Trinajstić information content (AvgIpc) is 2.46. The Morgan fingerprint density at radius 1 is 1.25 bits per heavy atom. The lowest BCUT2D eigenvalue weighted by molar-refractivity contribution is -0.385. The molecule has 0 amide bonds. The Kier molecular flexibility index (Phi) is 6.79. The topological polar surface area (TPSA) is 81.8 Å². The van der Waals surface area contributed by atoms with Crippen molar-refractivity contribution >= 4 is 5.69 Å². The molecule has 0 aliphatic heterocycles. The first-order chi connectivity index (χ1) is 9.63. The van der Waals surface area contributed by atoms with Crippen molar-refractivity contribution < 1.29 is 19.5 Å². The van der Waals surface area contributed by atoms with Crippen molar-refractivity contribution in [2.75, 3.05) is 13.7 Å². The normalized spacial score (nSPS) is 10.3. The summed E-state index contributed by atoms with van der Waals surface area (Å²) in [6.45, 7) is 2.20. The van der Waals surface area contributed by atoms with Crippen LogP contribution in [0.2, 0.25) is 0 Å². The van der Waals surface area contributed by atoms with Gasteiger partial charge in [-0.2, -0.15) is 0 Å². The summed E-state index contributed by atoms with van der Waals surface area (Å²) in [4.78, 5) is 10.4. The van der Waals surface area contributed by atoms with Crippen LogP contribution in [0.4, 0.5) is 5.69 Å². The number of nitrogens with zero attached hydrogens (tertiary/aromatic N) is 1. The van der Waals surface area contributed by atoms with Gasteiger partial charge in [-0.1, -0.05) is 26.2 Å². The van der Waals surface area contributed by atoms with Crippen molar-refractivity contribution in [3.63, 3.8) is 0 Å². The van der Waals surface area contributed by atoms with Crippen molar-refractivity contribution in [1.29, 1.82) is 0 Å². The third kappa shape index (κ3) is 4.38. The molecule has 1 rings (SSSR count). The quantitative estimate of drug-likeness (QED) is 0.428. The molecule has 1 N–H and O–H groups in total. The number of hydrogen-bond acceptors (Lipinski definition) is 5. The summed E-state index contributed by atoms with van der Waals surface area (Å²) in [5, 5.41) is 20.1. The fourth-order valence-corrected chi connectivity index (χ4v) is 1.87. The van der Waals surface area contributed by atoms with Gasteiger partial charge in [0.2, 0.25) is 0 Å². The zero-order valence-electron chi connectivity index (χ0n) is 11.9. The number of nitro benzene ring substituents is 1. The Morgan fingerprint density at radius 2 is 2.00 bits per heavy atom. The molecule has 0 bridgehead atoms. The van der Waals surface area contributed by atoms with E-state index in [2.05, 4.69) is 6.92 Å². The molecule has 20 heavy (non-hydrogen) atoms. The SMILES string of the molecule is CCCCCCOc1cc([N+](=O)[O-])c(CO)cc1OC. The van der Waals surface area contributed by atoms with Crippen LogP contribution in [-0.2, 0) is 6.61 Å². The van der Waals surface area contributed by atoms with Crippen molar-refractivity contribution in [2.24, 2.45) is 0 Å². The van der Waals surface area contributed by atoms with Gasteiger partial charge in [0.05, 0.1) is 36.9 Å². The summed E-state index contributed by atoms with van der Waals surface area (Å²) in [5.41, 5.74) is 0.0574. The van der Waals surface area contributed by atoms with E-state index < -0.39 is 11.5 Å². The van der Waals surface area contributed by atoms with Gasteiger partial charge in [0, 0.05) is 0 Å². The molecular weight excluding hydrogens is 262 g/mol. The van der Waals surface area contributed by atoms with Crippen LogP contribution in [-0.4, -0.2) is 23.7 Å². The zero-order chi connectivity index (χ0) is 15.0. The Morgan fingerprint density at radius 3 is 2.55 bits per heavy atom. The highest BCUT2D eigenvalue weighted by Crippen LogP contribution is 2.34. The summed E-state index contributed by atoms with van der Waals surface area (Å²) in [5.74, 6) is 0.739. The Labute approximate surface area is 118 Å². The Balaban J connectivity index is 2.82. The van der Waals surface area contributed by atoms with Crippen molar-refractivity contribution in [1.82, 2.24) is 0 Å². The summed E-state index contributed by atoms with van der Waals surface area (Å²) in [7, 11) is 1.46. The van der Waals surface area contributed by atoms with Crippen LogP contribution in [0.5, 0.6) is 11.5 Å². The fourth-order valence-electron chi connectivity index (χ4n) is 1.87. The van der Waals surface area contributed by atoms with E-state index in [0.717, 1.165) is 25.7 Å². The van der Waals surface area contributed by atoms with Crippen LogP contribution in [0.15, 0.2) is 12.1 Å². The summed E-state index contributed by atoms with van der Waals surface area (Å²) >= 11 is 0. The number of ether oxygens (including phenoxy) is 2. The van der Waals surface area contributed by atoms with Gasteiger partial charge in [0.1, 0.15) is 0 Å². The van der Waals surface area contributed by atoms with Crippen molar-refractivity contribution in [2.45, 2.75) is 39.2 Å². The molecule has 0 aliphatic carbocycles. The van der Waals surface area contributed by atoms with Gasteiger partial charge in [-0.25, -0.2) is 0 Å². The molecule has 0 radical (unpaired) electrons. The van der Waals surface area contributed by atoms with E-state index in [-0.39, 0.29) is 11.3 Å². The Hall–Kier alpha value is -1.82. The van der Waals surface area contributed by atoms with Gasteiger partial charge in [0.25, 0.3) is 5.69 Å². The maximum absolute atomic E-state index is 10.9. The first-order valence-corrected chi connectivity index (χ1v) is 6.73. The molecule has 0 aromatic heterocycles. The number of unbranched alkanes of at least 4 members (excludes halogenated alkanes) is 3. The predicted molar refractivity (Wildman–Crippen MR) is 75.2 cm³/mol. The van der Waals surface area contributed by atoms with E-state index in [1.54, 1.807) is 0 Å². The number of aliphatic hydroxyl groups excluding tert-OH is 1. The molecule has 0 saturated heterocycles. The molecular formula is C14H21NO5. The number of rotatable bonds is 9. The van der Waals surface area contributed by atoms with Crippen LogP contribution >= 0.6 is 0 Å². The smallest absolute Gasteiger partial charge is 0.278 e.